The van der Waals surface area contributed by atoms with E-state index in [0.717, 1.165) is 5.56 Å². The molecule has 138 valence electrons. The number of nitrogens with zero attached hydrogens (tertiary/aromatic N) is 2. The Balaban J connectivity index is 2.03. The molecule has 0 saturated carbocycles. The van der Waals surface area contributed by atoms with Crippen LogP contribution in [-0.2, 0) is 34.7 Å². The van der Waals surface area contributed by atoms with Gasteiger partial charge in [-0.05, 0) is 19.4 Å². The standard InChI is InChI=1S/C19H23N3O4/c1-19(2)18-21-14(11-15(23)20-3)16(17(24)22(18)9-10-26-19)25-12-13-7-5-4-6-8-13/h4-8H,9-12H2,1-3H3,(H,20,23). The lowest BCUT2D eigenvalue weighted by atomic mass is 10.1. The lowest BCUT2D eigenvalue weighted by molar-refractivity contribution is -0.120. The Kier molecular flexibility index (Phi) is 5.08. The van der Waals surface area contributed by atoms with Crippen LogP contribution in [-0.4, -0.2) is 29.1 Å². The number of nitrogens with one attached hydrogen (secondary N) is 1. The van der Waals surface area contributed by atoms with E-state index in [1.807, 2.05) is 44.2 Å². The zero-order chi connectivity index (χ0) is 18.7. The topological polar surface area (TPSA) is 82.5 Å². The predicted octanol–water partition coefficient (Wildman–Crippen LogP) is 1.38. The molecule has 1 N–H and O–H groups in total. The predicted molar refractivity (Wildman–Crippen MR) is 96.0 cm³/mol. The summed E-state index contributed by atoms with van der Waals surface area (Å²) in [4.78, 5) is 29.5. The molecule has 0 saturated heterocycles. The second kappa shape index (κ2) is 7.29. The van der Waals surface area contributed by atoms with Crippen molar-refractivity contribution in [3.63, 3.8) is 0 Å². The van der Waals surface area contributed by atoms with E-state index < -0.39 is 5.60 Å². The van der Waals surface area contributed by atoms with Crippen molar-refractivity contribution in [2.75, 3.05) is 13.7 Å². The smallest absolute Gasteiger partial charge is 0.296 e. The maximum atomic E-state index is 13.0. The number of carbonyl (C=O) groups excluding carboxylic acids is 1. The zero-order valence-electron chi connectivity index (χ0n) is 15.2. The number of carbonyl (C=O) groups is 1. The zero-order valence-corrected chi connectivity index (χ0v) is 15.2. The summed E-state index contributed by atoms with van der Waals surface area (Å²) in [6.07, 6.45) is -0.0280. The van der Waals surface area contributed by atoms with Gasteiger partial charge in [0.2, 0.25) is 11.7 Å². The summed E-state index contributed by atoms with van der Waals surface area (Å²) in [5.74, 6) is 0.402. The summed E-state index contributed by atoms with van der Waals surface area (Å²) in [7, 11) is 1.55. The lowest BCUT2D eigenvalue weighted by Crippen LogP contribution is -2.42. The molecule has 0 fully saturated rings. The molecule has 0 bridgehead atoms. The Labute approximate surface area is 152 Å². The summed E-state index contributed by atoms with van der Waals surface area (Å²) < 4.78 is 13.1. The van der Waals surface area contributed by atoms with Crippen molar-refractivity contribution in [2.24, 2.45) is 0 Å². The lowest BCUT2D eigenvalue weighted by Gasteiger charge is -2.33. The molecule has 2 heterocycles. The Morgan fingerprint density at radius 2 is 2.08 bits per heavy atom. The molecule has 2 aromatic rings. The summed E-state index contributed by atoms with van der Waals surface area (Å²) in [6.45, 7) is 4.79. The van der Waals surface area contributed by atoms with Crippen molar-refractivity contribution < 1.29 is 14.3 Å². The third-order valence-electron chi connectivity index (χ3n) is 4.35. The normalized spacial score (nSPS) is 15.2. The van der Waals surface area contributed by atoms with E-state index in [4.69, 9.17) is 9.47 Å². The maximum Gasteiger partial charge on any atom is 0.296 e. The average Bonchev–Trinajstić information content (AvgIpc) is 2.63. The first-order chi connectivity index (χ1) is 12.4. The largest absolute Gasteiger partial charge is 0.482 e. The number of hydrogen-bond acceptors (Lipinski definition) is 5. The van der Waals surface area contributed by atoms with Gasteiger partial charge in [0.1, 0.15) is 18.0 Å². The molecule has 0 atom stereocenters. The molecule has 1 amide bonds. The minimum Gasteiger partial charge on any atom is -0.482 e. The van der Waals surface area contributed by atoms with Crippen LogP contribution in [0.15, 0.2) is 35.1 Å². The number of amides is 1. The van der Waals surface area contributed by atoms with Crippen molar-refractivity contribution in [3.05, 3.63) is 57.8 Å². The van der Waals surface area contributed by atoms with Crippen LogP contribution in [0.25, 0.3) is 0 Å². The molecule has 1 aromatic carbocycles. The molecule has 0 aliphatic carbocycles. The Morgan fingerprint density at radius 1 is 1.35 bits per heavy atom. The van der Waals surface area contributed by atoms with Gasteiger partial charge in [-0.1, -0.05) is 30.3 Å². The van der Waals surface area contributed by atoms with Gasteiger partial charge < -0.3 is 14.8 Å². The Morgan fingerprint density at radius 3 is 2.77 bits per heavy atom. The highest BCUT2D eigenvalue weighted by Crippen LogP contribution is 2.28. The highest BCUT2D eigenvalue weighted by Gasteiger charge is 2.33. The highest BCUT2D eigenvalue weighted by molar-refractivity contribution is 5.78. The van der Waals surface area contributed by atoms with Crippen molar-refractivity contribution in [1.82, 2.24) is 14.9 Å². The fourth-order valence-electron chi connectivity index (χ4n) is 2.94. The Bertz CT molecular complexity index is 859. The van der Waals surface area contributed by atoms with E-state index in [2.05, 4.69) is 10.3 Å². The molecule has 3 rings (SSSR count). The molecular weight excluding hydrogens is 334 g/mol. The van der Waals surface area contributed by atoms with Crippen LogP contribution in [0.4, 0.5) is 0 Å². The van der Waals surface area contributed by atoms with Gasteiger partial charge in [0, 0.05) is 7.05 Å². The molecule has 26 heavy (non-hydrogen) atoms. The van der Waals surface area contributed by atoms with Gasteiger partial charge in [0.05, 0.1) is 25.3 Å². The average molecular weight is 357 g/mol. The first-order valence-electron chi connectivity index (χ1n) is 8.58. The van der Waals surface area contributed by atoms with E-state index in [1.165, 1.54) is 0 Å². The molecule has 1 aromatic heterocycles. The molecular formula is C19H23N3O4. The van der Waals surface area contributed by atoms with Gasteiger partial charge in [-0.15, -0.1) is 0 Å². The molecule has 7 nitrogen and oxygen atoms in total. The first-order valence-corrected chi connectivity index (χ1v) is 8.58. The Hall–Kier alpha value is -2.67. The fourth-order valence-corrected chi connectivity index (χ4v) is 2.94. The van der Waals surface area contributed by atoms with Gasteiger partial charge in [-0.25, -0.2) is 4.98 Å². The van der Waals surface area contributed by atoms with Crippen LogP contribution in [0.5, 0.6) is 5.75 Å². The van der Waals surface area contributed by atoms with Crippen LogP contribution < -0.4 is 15.6 Å². The molecule has 7 heteroatoms. The molecule has 0 spiro atoms. The minimum absolute atomic E-state index is 0.0280. The molecule has 0 radical (unpaired) electrons. The second-order valence-corrected chi connectivity index (χ2v) is 6.65. The van der Waals surface area contributed by atoms with E-state index in [1.54, 1.807) is 11.6 Å². The van der Waals surface area contributed by atoms with E-state index in [0.29, 0.717) is 24.7 Å². The van der Waals surface area contributed by atoms with Crippen LogP contribution in [0.1, 0.15) is 30.9 Å². The molecule has 0 unspecified atom stereocenters. The van der Waals surface area contributed by atoms with Gasteiger partial charge in [0.15, 0.2) is 0 Å². The maximum absolute atomic E-state index is 13.0. The number of likely N-dealkylation sites (N-methyl/N-ethyl adjacent to an activating group) is 1. The number of aromatic nitrogens is 2. The summed E-state index contributed by atoms with van der Waals surface area (Å²) in [6, 6.07) is 9.56. The first kappa shape index (κ1) is 18.1. The number of benzene rings is 1. The van der Waals surface area contributed by atoms with Gasteiger partial charge in [-0.2, -0.15) is 0 Å². The van der Waals surface area contributed by atoms with Crippen LogP contribution >= 0.6 is 0 Å². The van der Waals surface area contributed by atoms with E-state index in [-0.39, 0.29) is 30.2 Å². The van der Waals surface area contributed by atoms with Gasteiger partial charge in [-0.3, -0.25) is 14.2 Å². The number of ether oxygens (including phenoxy) is 2. The van der Waals surface area contributed by atoms with E-state index >= 15 is 0 Å². The monoisotopic (exact) mass is 357 g/mol. The summed E-state index contributed by atoms with van der Waals surface area (Å²) in [5, 5.41) is 2.56. The van der Waals surface area contributed by atoms with Crippen molar-refractivity contribution in [2.45, 2.75) is 39.0 Å². The third-order valence-corrected chi connectivity index (χ3v) is 4.35. The molecule has 1 aliphatic rings. The minimum atomic E-state index is -0.702. The third kappa shape index (κ3) is 3.62. The summed E-state index contributed by atoms with van der Waals surface area (Å²) >= 11 is 0. The van der Waals surface area contributed by atoms with Gasteiger partial charge in [0.25, 0.3) is 5.56 Å². The number of fused-ring (bicyclic) bond motifs is 1. The highest BCUT2D eigenvalue weighted by atomic mass is 16.5. The number of hydrogen-bond donors (Lipinski definition) is 1. The second-order valence-electron chi connectivity index (χ2n) is 6.65. The molecule has 1 aliphatic heterocycles. The fraction of sp³-hybridized carbons (Fsp3) is 0.421. The SMILES string of the molecule is CNC(=O)Cc1nc2n(c(=O)c1OCc1ccccc1)CCOC2(C)C. The van der Waals surface area contributed by atoms with Crippen LogP contribution in [0.2, 0.25) is 0 Å². The summed E-state index contributed by atoms with van der Waals surface area (Å²) in [5.41, 5.74) is 0.285. The quantitative estimate of drug-likeness (QED) is 0.874. The van der Waals surface area contributed by atoms with E-state index in [9.17, 15) is 9.59 Å². The van der Waals surface area contributed by atoms with Crippen molar-refractivity contribution in [1.29, 1.82) is 0 Å². The van der Waals surface area contributed by atoms with Crippen molar-refractivity contribution >= 4 is 5.91 Å². The van der Waals surface area contributed by atoms with Crippen LogP contribution in [0, 0.1) is 0 Å². The van der Waals surface area contributed by atoms with Gasteiger partial charge >= 0.3 is 0 Å². The van der Waals surface area contributed by atoms with Crippen LogP contribution in [0.3, 0.4) is 0 Å². The number of rotatable bonds is 5. The van der Waals surface area contributed by atoms with Crippen molar-refractivity contribution in [3.8, 4) is 5.75 Å².